The molecule has 0 saturated carbocycles. The minimum absolute atomic E-state index is 0. The first-order valence-corrected chi connectivity index (χ1v) is 2.45. The summed E-state index contributed by atoms with van der Waals surface area (Å²) in [7, 11) is -4.17. The summed E-state index contributed by atoms with van der Waals surface area (Å²) in [4.78, 5) is 0. The van der Waals surface area contributed by atoms with Crippen LogP contribution < -0.4 is 0 Å². The molecule has 0 aromatic rings. The van der Waals surface area contributed by atoms with Gasteiger partial charge in [-0.2, -0.15) is 0 Å². The Hall–Kier alpha value is 0.349. The zero-order valence-electron chi connectivity index (χ0n) is 3.87. The molecule has 0 rings (SSSR count). The van der Waals surface area contributed by atoms with Crippen LogP contribution in [0.4, 0.5) is 0 Å². The molecule has 0 fully saturated rings. The van der Waals surface area contributed by atoms with Crippen molar-refractivity contribution in [2.45, 2.75) is 0 Å². The maximum atomic E-state index is 8.52. The number of rotatable bonds is 0. The Bertz CT molecular complexity index is 95.6. The molecular weight excluding hydrogens is 179 g/mol. The first-order valence-electron chi connectivity index (χ1n) is 1.11. The summed E-state index contributed by atoms with van der Waals surface area (Å²) in [6, 6.07) is 0. The molecule has 0 saturated heterocycles. The van der Waals surface area contributed by atoms with E-state index in [1.807, 2.05) is 0 Å². The van der Waals surface area contributed by atoms with Gasteiger partial charge in [-0.1, -0.05) is 0 Å². The zero-order chi connectivity index (χ0) is 6.50. The molecule has 0 bridgehead atoms. The molecule has 0 aliphatic heterocycles. The Morgan fingerprint density at radius 3 is 1.25 bits per heavy atom. The Kier molecular flexibility index (Phi) is 14.5. The van der Waals surface area contributed by atoms with Crippen molar-refractivity contribution in [3.8, 4) is 0 Å². The van der Waals surface area contributed by atoms with Gasteiger partial charge in [0.2, 0.25) is 0 Å². The van der Waals surface area contributed by atoms with Gasteiger partial charge in [0, 0.05) is 17.5 Å². The first kappa shape index (κ1) is 15.8. The molecule has 0 amide bonds. The molecule has 0 heterocycles. The van der Waals surface area contributed by atoms with Crippen molar-refractivity contribution in [3.05, 3.63) is 0 Å². The van der Waals surface area contributed by atoms with Gasteiger partial charge in [0.05, 0.1) is 0 Å². The summed E-state index contributed by atoms with van der Waals surface area (Å²) < 4.78 is 34.1. The molecular formula is CH4MnO5S. The van der Waals surface area contributed by atoms with E-state index in [1.165, 1.54) is 0 Å². The van der Waals surface area contributed by atoms with Crippen molar-refractivity contribution in [2.24, 2.45) is 0 Å². The van der Waals surface area contributed by atoms with E-state index in [2.05, 4.69) is 0 Å². The first-order chi connectivity index (χ1) is 3.00. The van der Waals surface area contributed by atoms with E-state index < -0.39 is 10.4 Å². The second-order valence-electron chi connectivity index (χ2n) is 0.408. The normalized spacial score (nSPS) is 8.00. The fraction of sp³-hybridized carbons (Fsp3) is 1.00. The van der Waals surface area contributed by atoms with Crippen molar-refractivity contribution < 1.29 is 39.7 Å². The van der Waals surface area contributed by atoms with Gasteiger partial charge in [-0.25, -0.2) is 0 Å². The molecule has 7 heteroatoms. The van der Waals surface area contributed by atoms with Gasteiger partial charge in [-0.05, 0) is 0 Å². The Morgan fingerprint density at radius 2 is 1.25 bits per heavy atom. The van der Waals surface area contributed by atoms with Gasteiger partial charge in [0.25, 0.3) is 0 Å². The van der Waals surface area contributed by atoms with E-state index in [0.717, 1.165) is 7.11 Å². The monoisotopic (exact) mass is 183 g/mol. The minimum atomic E-state index is -5.17. The molecule has 0 aliphatic carbocycles. The van der Waals surface area contributed by atoms with Crippen LogP contribution in [0.25, 0.3) is 0 Å². The summed E-state index contributed by atoms with van der Waals surface area (Å²) in [6.45, 7) is 0. The summed E-state index contributed by atoms with van der Waals surface area (Å²) in [5, 5.41) is 7.00. The molecule has 0 unspecified atom stereocenters. The quantitative estimate of drug-likeness (QED) is 0.273. The van der Waals surface area contributed by atoms with Crippen molar-refractivity contribution in [1.29, 1.82) is 0 Å². The SMILES string of the molecule is CO.O=S(=O)([O-])[O-].[Mn+2]. The average Bonchev–Trinajstić information content (AvgIpc) is 1.36. The molecule has 0 aromatic carbocycles. The second kappa shape index (κ2) is 7.35. The standard InChI is InChI=1S/CH4O.Mn.H2O4S/c1-2;;1-5(2,3)4/h2H,1H3;;(H2,1,2,3,4)/q;+2;/p-2. The second-order valence-corrected chi connectivity index (χ2v) is 1.22. The van der Waals surface area contributed by atoms with Gasteiger partial charge < -0.3 is 14.2 Å². The molecule has 1 radical (unpaired) electrons. The van der Waals surface area contributed by atoms with Crippen LogP contribution in [0.2, 0.25) is 0 Å². The molecule has 5 nitrogen and oxygen atoms in total. The van der Waals surface area contributed by atoms with Gasteiger partial charge in [0.1, 0.15) is 0 Å². The van der Waals surface area contributed by atoms with Gasteiger partial charge in [-0.15, -0.1) is 0 Å². The van der Waals surface area contributed by atoms with E-state index in [0.29, 0.717) is 0 Å². The summed E-state index contributed by atoms with van der Waals surface area (Å²) in [5.74, 6) is 0. The van der Waals surface area contributed by atoms with E-state index in [1.54, 1.807) is 0 Å². The van der Waals surface area contributed by atoms with E-state index in [4.69, 9.17) is 22.6 Å². The third kappa shape index (κ3) is 1490. The van der Waals surface area contributed by atoms with Crippen molar-refractivity contribution in [1.82, 2.24) is 0 Å². The smallest absolute Gasteiger partial charge is 0.759 e. The predicted octanol–water partition coefficient (Wildman–Crippen LogP) is -1.73. The third-order valence-corrected chi connectivity index (χ3v) is 0. The molecule has 1 N–H and O–H groups in total. The Balaban J connectivity index is -0.0000000750. The van der Waals surface area contributed by atoms with Crippen molar-refractivity contribution in [3.63, 3.8) is 0 Å². The van der Waals surface area contributed by atoms with Gasteiger partial charge in [0.15, 0.2) is 0 Å². The fourth-order valence-electron chi connectivity index (χ4n) is 0. The van der Waals surface area contributed by atoms with Crippen LogP contribution >= 0.6 is 0 Å². The minimum Gasteiger partial charge on any atom is -0.759 e. The Morgan fingerprint density at radius 1 is 1.25 bits per heavy atom. The molecule has 51 valence electrons. The number of hydrogen-bond acceptors (Lipinski definition) is 5. The maximum Gasteiger partial charge on any atom is 2.00 e. The molecule has 0 atom stereocenters. The van der Waals surface area contributed by atoms with Gasteiger partial charge in [-0.3, -0.25) is 8.42 Å². The van der Waals surface area contributed by atoms with Crippen LogP contribution in [0.5, 0.6) is 0 Å². The topological polar surface area (TPSA) is 100 Å². The van der Waals surface area contributed by atoms with Crippen molar-refractivity contribution in [2.75, 3.05) is 7.11 Å². The summed E-state index contributed by atoms with van der Waals surface area (Å²) in [6.07, 6.45) is 0. The maximum absolute atomic E-state index is 8.52. The molecule has 0 aromatic heterocycles. The third-order valence-electron chi connectivity index (χ3n) is 0. The van der Waals surface area contributed by atoms with Crippen LogP contribution in [0.1, 0.15) is 0 Å². The summed E-state index contributed by atoms with van der Waals surface area (Å²) >= 11 is 0. The predicted molar refractivity (Wildman–Crippen MR) is 18.6 cm³/mol. The largest absolute Gasteiger partial charge is 2.00 e. The average molecular weight is 183 g/mol. The van der Waals surface area contributed by atoms with Crippen LogP contribution in [0, 0.1) is 0 Å². The van der Waals surface area contributed by atoms with Crippen LogP contribution in [-0.2, 0) is 27.5 Å². The van der Waals surface area contributed by atoms with E-state index in [-0.39, 0.29) is 17.1 Å². The van der Waals surface area contributed by atoms with Crippen LogP contribution in [-0.4, -0.2) is 29.7 Å². The number of hydrogen-bond donors (Lipinski definition) is 1. The van der Waals surface area contributed by atoms with E-state index >= 15 is 0 Å². The summed E-state index contributed by atoms with van der Waals surface area (Å²) in [5.41, 5.74) is 0. The molecule has 0 aliphatic rings. The van der Waals surface area contributed by atoms with Crippen LogP contribution in [0.15, 0.2) is 0 Å². The van der Waals surface area contributed by atoms with E-state index in [9.17, 15) is 0 Å². The van der Waals surface area contributed by atoms with Gasteiger partial charge >= 0.3 is 17.1 Å². The number of aliphatic hydroxyl groups excluding tert-OH is 1. The molecule has 0 spiro atoms. The van der Waals surface area contributed by atoms with Crippen LogP contribution in [0.3, 0.4) is 0 Å². The van der Waals surface area contributed by atoms with Crippen molar-refractivity contribution >= 4 is 10.4 Å². The Labute approximate surface area is 57.8 Å². The number of aliphatic hydroxyl groups is 1. The fourth-order valence-corrected chi connectivity index (χ4v) is 0. The molecule has 8 heavy (non-hydrogen) atoms. The zero-order valence-corrected chi connectivity index (χ0v) is 5.86.